The molecule has 2 aromatic rings. The topological polar surface area (TPSA) is 96.4 Å². The predicted molar refractivity (Wildman–Crippen MR) is 176 cm³/mol. The lowest BCUT2D eigenvalue weighted by Gasteiger charge is -2.39. The van der Waals surface area contributed by atoms with Crippen molar-refractivity contribution >= 4 is 35.1 Å². The van der Waals surface area contributed by atoms with E-state index in [1.165, 1.54) is 18.9 Å². The summed E-state index contributed by atoms with van der Waals surface area (Å²) < 4.78 is 41.1. The molecule has 0 unspecified atom stereocenters. The number of amides is 4. The molecule has 6 rings (SSSR count). The second-order valence-electron chi connectivity index (χ2n) is 13.5. The molecule has 9 nitrogen and oxygen atoms in total. The largest absolute Gasteiger partial charge is 0.506 e. The number of phenolic OH excluding ortho intramolecular Hbond substituents is 1. The Morgan fingerprint density at radius 1 is 0.917 bits per heavy atom. The van der Waals surface area contributed by atoms with Gasteiger partial charge in [-0.3, -0.25) is 9.59 Å². The molecule has 4 aliphatic rings. The summed E-state index contributed by atoms with van der Waals surface area (Å²) in [6, 6.07) is 10.00. The first kappa shape index (κ1) is 34.4. The van der Waals surface area contributed by atoms with Gasteiger partial charge in [0.1, 0.15) is 5.75 Å². The summed E-state index contributed by atoms with van der Waals surface area (Å²) in [4.78, 5) is 48.5. The summed E-state index contributed by atoms with van der Waals surface area (Å²) in [6.07, 6.45) is 0.764. The van der Waals surface area contributed by atoms with Gasteiger partial charge in [0.05, 0.1) is 16.5 Å². The number of halogens is 4. The van der Waals surface area contributed by atoms with Crippen molar-refractivity contribution in [3.63, 3.8) is 0 Å². The lowest BCUT2D eigenvalue weighted by atomic mass is 9.91. The van der Waals surface area contributed by atoms with Gasteiger partial charge < -0.3 is 30.0 Å². The fraction of sp³-hybridized carbons (Fsp3) is 0.571. The number of carbonyl (C=O) groups excluding carboxylic acids is 3. The monoisotopic (exact) mass is 689 g/mol. The second kappa shape index (κ2) is 14.5. The average Bonchev–Trinajstić information content (AvgIpc) is 3.56. The van der Waals surface area contributed by atoms with Gasteiger partial charge in [0, 0.05) is 56.9 Å². The van der Waals surface area contributed by atoms with Crippen LogP contribution in [0.1, 0.15) is 61.6 Å². The number of nitrogens with zero attached hydrogens (tertiary/aromatic N) is 4. The van der Waals surface area contributed by atoms with Gasteiger partial charge in [-0.2, -0.15) is 13.2 Å². The Kier molecular flexibility index (Phi) is 10.4. The van der Waals surface area contributed by atoms with Gasteiger partial charge in [-0.25, -0.2) is 4.79 Å². The van der Waals surface area contributed by atoms with Crippen molar-refractivity contribution in [2.45, 2.75) is 76.0 Å². The van der Waals surface area contributed by atoms with E-state index in [1.54, 1.807) is 9.80 Å². The number of hydrogen-bond donors (Lipinski definition) is 2. The van der Waals surface area contributed by atoms with Crippen molar-refractivity contribution in [2.24, 2.45) is 5.92 Å². The fourth-order valence-corrected chi connectivity index (χ4v) is 8.08. The Hall–Kier alpha value is -3.51. The molecule has 2 aromatic carbocycles. The molecule has 1 atom stereocenters. The smallest absolute Gasteiger partial charge is 0.420 e. The number of anilines is 1. The van der Waals surface area contributed by atoms with Gasteiger partial charge in [0.2, 0.25) is 11.8 Å². The zero-order valence-corrected chi connectivity index (χ0v) is 27.7. The van der Waals surface area contributed by atoms with Crippen LogP contribution in [0.5, 0.6) is 5.75 Å². The number of aromatic hydroxyl groups is 1. The molecule has 3 fully saturated rings. The standard InChI is InChI=1S/C35H43ClF3N5O4/c36-29-21-23(20-28(32(29)46)35(37,38)39)19-25(33(47)43-16-8-26(9-17-43)41-12-3-4-13-41)22-31(45)42-14-10-27(11-15-42)44-18-7-24-5-1-2-6-30(24)40-34(44)48/h1-2,5-6,20-21,25-27,46H,3-4,7-19,22H2,(H,40,48)/t25-/m0/s1. The first-order valence-electron chi connectivity index (χ1n) is 17.0. The number of benzene rings is 2. The highest BCUT2D eigenvalue weighted by molar-refractivity contribution is 6.32. The Labute approximate surface area is 284 Å². The molecule has 4 aliphatic heterocycles. The minimum atomic E-state index is -4.84. The first-order chi connectivity index (χ1) is 23.0. The maximum Gasteiger partial charge on any atom is 0.420 e. The molecule has 3 saturated heterocycles. The van der Waals surface area contributed by atoms with Gasteiger partial charge >= 0.3 is 12.2 Å². The number of hydrogen-bond acceptors (Lipinski definition) is 5. The molecule has 4 heterocycles. The minimum absolute atomic E-state index is 0.0439. The third kappa shape index (κ3) is 7.70. The lowest BCUT2D eigenvalue weighted by Crippen LogP contribution is -2.51. The van der Waals surface area contributed by atoms with Crippen molar-refractivity contribution < 1.29 is 32.7 Å². The van der Waals surface area contributed by atoms with Crippen molar-refractivity contribution in [1.29, 1.82) is 0 Å². The quantitative estimate of drug-likeness (QED) is 0.384. The normalized spacial score (nSPS) is 20.8. The maximum absolute atomic E-state index is 14.0. The Bertz CT molecular complexity index is 1500. The van der Waals surface area contributed by atoms with Crippen LogP contribution in [0.4, 0.5) is 23.7 Å². The highest BCUT2D eigenvalue weighted by Gasteiger charge is 2.38. The summed E-state index contributed by atoms with van der Waals surface area (Å²) in [7, 11) is 0. The summed E-state index contributed by atoms with van der Waals surface area (Å²) in [5, 5.41) is 12.6. The van der Waals surface area contributed by atoms with Crippen molar-refractivity contribution in [3.8, 4) is 5.75 Å². The minimum Gasteiger partial charge on any atom is -0.506 e. The van der Waals surface area contributed by atoms with Crippen LogP contribution in [0.25, 0.3) is 0 Å². The molecule has 0 aliphatic carbocycles. The van der Waals surface area contributed by atoms with Gasteiger partial charge in [-0.15, -0.1) is 0 Å². The molecule has 4 amide bonds. The van der Waals surface area contributed by atoms with Crippen molar-refractivity contribution in [3.05, 3.63) is 58.1 Å². The number of rotatable bonds is 7. The molecular formula is C35H43ClF3N5O4. The lowest BCUT2D eigenvalue weighted by molar-refractivity contribution is -0.143. The van der Waals surface area contributed by atoms with E-state index in [1.807, 2.05) is 29.2 Å². The Morgan fingerprint density at radius 3 is 2.25 bits per heavy atom. The number of carbonyl (C=O) groups is 3. The van der Waals surface area contributed by atoms with E-state index in [0.717, 1.165) is 49.7 Å². The second-order valence-corrected chi connectivity index (χ2v) is 13.9. The van der Waals surface area contributed by atoms with E-state index in [4.69, 9.17) is 11.6 Å². The van der Waals surface area contributed by atoms with Crippen LogP contribution in [0.15, 0.2) is 36.4 Å². The molecule has 2 N–H and O–H groups in total. The van der Waals surface area contributed by atoms with Crippen LogP contribution >= 0.6 is 11.6 Å². The zero-order valence-electron chi connectivity index (χ0n) is 27.0. The summed E-state index contributed by atoms with van der Waals surface area (Å²) in [5.41, 5.74) is 0.756. The van der Waals surface area contributed by atoms with Crippen molar-refractivity contribution in [1.82, 2.24) is 19.6 Å². The van der Waals surface area contributed by atoms with E-state index in [9.17, 15) is 32.7 Å². The number of urea groups is 1. The molecule has 0 saturated carbocycles. The van der Waals surface area contributed by atoms with Crippen LogP contribution in [-0.4, -0.2) is 100 Å². The fourth-order valence-electron chi connectivity index (χ4n) is 7.84. The van der Waals surface area contributed by atoms with E-state index < -0.39 is 28.4 Å². The third-order valence-electron chi connectivity index (χ3n) is 10.5. The van der Waals surface area contributed by atoms with Crippen LogP contribution in [0, 0.1) is 5.92 Å². The first-order valence-corrected chi connectivity index (χ1v) is 17.4. The van der Waals surface area contributed by atoms with Crippen LogP contribution in [-0.2, 0) is 28.6 Å². The Balaban J connectivity index is 1.12. The maximum atomic E-state index is 14.0. The molecule has 0 aromatic heterocycles. The van der Waals surface area contributed by atoms with Crippen LogP contribution in [0.2, 0.25) is 5.02 Å². The Morgan fingerprint density at radius 2 is 1.56 bits per heavy atom. The van der Waals surface area contributed by atoms with Gasteiger partial charge in [-0.05, 0) is 93.8 Å². The molecule has 0 radical (unpaired) electrons. The number of alkyl halides is 3. The molecule has 0 bridgehead atoms. The number of para-hydroxylation sites is 1. The highest BCUT2D eigenvalue weighted by atomic mass is 35.5. The van der Waals surface area contributed by atoms with Crippen molar-refractivity contribution in [2.75, 3.05) is 51.1 Å². The van der Waals surface area contributed by atoms with E-state index >= 15 is 0 Å². The van der Waals surface area contributed by atoms with E-state index in [0.29, 0.717) is 51.6 Å². The van der Waals surface area contributed by atoms with Gasteiger partial charge in [0.25, 0.3) is 0 Å². The number of likely N-dealkylation sites (tertiary alicyclic amines) is 3. The zero-order chi connectivity index (χ0) is 34.0. The van der Waals surface area contributed by atoms with Gasteiger partial charge in [0.15, 0.2) is 0 Å². The van der Waals surface area contributed by atoms with E-state index in [-0.39, 0.29) is 42.3 Å². The molecule has 48 heavy (non-hydrogen) atoms. The summed E-state index contributed by atoms with van der Waals surface area (Å²) in [6.45, 7) is 4.57. The third-order valence-corrected chi connectivity index (χ3v) is 10.8. The summed E-state index contributed by atoms with van der Waals surface area (Å²) >= 11 is 6.01. The van der Waals surface area contributed by atoms with Crippen LogP contribution < -0.4 is 5.32 Å². The van der Waals surface area contributed by atoms with Crippen LogP contribution in [0.3, 0.4) is 0 Å². The average molecular weight is 690 g/mol. The highest BCUT2D eigenvalue weighted by Crippen LogP contribution is 2.41. The SMILES string of the molecule is O=C(C[C@H](Cc1cc(Cl)c(O)c(C(F)(F)F)c1)C(=O)N1CCC(N2CCCC2)CC1)N1CCC(N2CCc3ccccc3NC2=O)CC1. The van der Waals surface area contributed by atoms with E-state index in [2.05, 4.69) is 10.2 Å². The summed E-state index contributed by atoms with van der Waals surface area (Å²) in [5.74, 6) is -2.44. The number of piperidine rings is 2. The van der Waals surface area contributed by atoms with Gasteiger partial charge in [-0.1, -0.05) is 29.8 Å². The number of fused-ring (bicyclic) bond motifs is 1. The number of nitrogens with one attached hydrogen (secondary N) is 1. The molecule has 260 valence electrons. The predicted octanol–water partition coefficient (Wildman–Crippen LogP) is 5.78. The molecule has 0 spiro atoms. The molecular weight excluding hydrogens is 647 g/mol. The number of phenols is 1. The molecule has 13 heteroatoms.